The molecule has 0 aliphatic carbocycles. The molecule has 0 fully saturated rings. The maximum atomic E-state index is 5.56. The lowest BCUT2D eigenvalue weighted by Gasteiger charge is -2.27. The van der Waals surface area contributed by atoms with E-state index in [2.05, 4.69) is 51.2 Å². The summed E-state index contributed by atoms with van der Waals surface area (Å²) in [5.41, 5.74) is 6.53. The smallest absolute Gasteiger partial charge is 0.167 e. The van der Waals surface area contributed by atoms with E-state index in [0.717, 1.165) is 60.2 Å². The number of pyridine rings is 1. The number of aromatic nitrogens is 4. The molecule has 4 heterocycles. The summed E-state index contributed by atoms with van der Waals surface area (Å²) >= 11 is 0. The Hall–Kier alpha value is -3.38. The Morgan fingerprint density at radius 2 is 1.86 bits per heavy atom. The largest absolute Gasteiger partial charge is 0.356 e. The highest BCUT2D eigenvalue weighted by Crippen LogP contribution is 2.24. The Balaban J connectivity index is 1.29. The standard InChI is InChI=1S/C23H21N5O/c1-16-2-4-17(5-3-16)22-12-20(27-29-22)15-28-11-8-21-19(14-28)13-25-23(26-21)18-6-9-24-10-7-18/h2-7,9-10,12-13H,8,11,14-15H2,1H3. The zero-order valence-corrected chi connectivity index (χ0v) is 16.2. The summed E-state index contributed by atoms with van der Waals surface area (Å²) < 4.78 is 5.56. The van der Waals surface area contributed by atoms with E-state index in [1.807, 2.05) is 24.4 Å². The van der Waals surface area contributed by atoms with Gasteiger partial charge in [-0.1, -0.05) is 35.0 Å². The van der Waals surface area contributed by atoms with E-state index >= 15 is 0 Å². The molecule has 3 aromatic heterocycles. The molecule has 0 N–H and O–H groups in total. The third-order valence-corrected chi connectivity index (χ3v) is 5.23. The molecular weight excluding hydrogens is 362 g/mol. The average molecular weight is 383 g/mol. The first-order valence-electron chi connectivity index (χ1n) is 9.75. The van der Waals surface area contributed by atoms with Crippen LogP contribution in [0.3, 0.4) is 0 Å². The zero-order chi connectivity index (χ0) is 19.6. The first-order chi connectivity index (χ1) is 14.2. The minimum Gasteiger partial charge on any atom is -0.356 e. The Morgan fingerprint density at radius 3 is 2.69 bits per heavy atom. The van der Waals surface area contributed by atoms with Crippen LogP contribution in [0.5, 0.6) is 0 Å². The van der Waals surface area contributed by atoms with Crippen molar-refractivity contribution in [2.45, 2.75) is 26.4 Å². The van der Waals surface area contributed by atoms with Gasteiger partial charge < -0.3 is 4.52 Å². The SMILES string of the molecule is Cc1ccc(-c2cc(CN3CCc4nc(-c5ccncc5)ncc4C3)no2)cc1. The Bertz CT molecular complexity index is 1120. The van der Waals surface area contributed by atoms with Crippen LogP contribution in [0.25, 0.3) is 22.7 Å². The summed E-state index contributed by atoms with van der Waals surface area (Å²) in [5, 5.41) is 4.27. The lowest BCUT2D eigenvalue weighted by molar-refractivity contribution is 0.235. The number of benzene rings is 1. The third kappa shape index (κ3) is 3.79. The van der Waals surface area contributed by atoms with Gasteiger partial charge in [-0.05, 0) is 19.1 Å². The van der Waals surface area contributed by atoms with E-state index in [0.29, 0.717) is 0 Å². The van der Waals surface area contributed by atoms with Gasteiger partial charge in [-0.3, -0.25) is 9.88 Å². The van der Waals surface area contributed by atoms with Gasteiger partial charge in [0.05, 0.1) is 11.4 Å². The number of hydrogen-bond acceptors (Lipinski definition) is 6. The molecule has 29 heavy (non-hydrogen) atoms. The van der Waals surface area contributed by atoms with Crippen LogP contribution >= 0.6 is 0 Å². The molecule has 1 aliphatic heterocycles. The van der Waals surface area contributed by atoms with Crippen molar-refractivity contribution in [3.63, 3.8) is 0 Å². The summed E-state index contributed by atoms with van der Waals surface area (Å²) in [6.07, 6.45) is 6.38. The minimum absolute atomic E-state index is 0.751. The molecule has 0 spiro atoms. The van der Waals surface area contributed by atoms with Gasteiger partial charge >= 0.3 is 0 Å². The predicted molar refractivity (Wildman–Crippen MR) is 110 cm³/mol. The zero-order valence-electron chi connectivity index (χ0n) is 16.2. The number of fused-ring (bicyclic) bond motifs is 1. The van der Waals surface area contributed by atoms with E-state index in [4.69, 9.17) is 9.51 Å². The fourth-order valence-electron chi connectivity index (χ4n) is 3.62. The van der Waals surface area contributed by atoms with Crippen molar-refractivity contribution in [3.8, 4) is 22.7 Å². The summed E-state index contributed by atoms with van der Waals surface area (Å²) in [5.74, 6) is 1.57. The van der Waals surface area contributed by atoms with Crippen molar-refractivity contribution < 1.29 is 4.52 Å². The van der Waals surface area contributed by atoms with Crippen LogP contribution in [-0.4, -0.2) is 31.6 Å². The van der Waals surface area contributed by atoms with E-state index in [1.54, 1.807) is 12.4 Å². The maximum Gasteiger partial charge on any atom is 0.167 e. The second-order valence-electron chi connectivity index (χ2n) is 7.41. The number of nitrogens with zero attached hydrogens (tertiary/aromatic N) is 5. The van der Waals surface area contributed by atoms with Crippen LogP contribution < -0.4 is 0 Å². The lowest BCUT2D eigenvalue weighted by atomic mass is 10.1. The van der Waals surface area contributed by atoms with Crippen LogP contribution in [-0.2, 0) is 19.5 Å². The molecule has 0 unspecified atom stereocenters. The molecule has 0 saturated carbocycles. The molecule has 0 radical (unpaired) electrons. The molecule has 0 amide bonds. The van der Waals surface area contributed by atoms with Gasteiger partial charge in [0.1, 0.15) is 0 Å². The molecule has 0 bridgehead atoms. The Morgan fingerprint density at radius 1 is 1.03 bits per heavy atom. The quantitative estimate of drug-likeness (QED) is 0.529. The molecule has 1 aliphatic rings. The van der Waals surface area contributed by atoms with Gasteiger partial charge in [-0.2, -0.15) is 0 Å². The third-order valence-electron chi connectivity index (χ3n) is 5.23. The average Bonchev–Trinajstić information content (AvgIpc) is 3.23. The highest BCUT2D eigenvalue weighted by Gasteiger charge is 2.20. The second-order valence-corrected chi connectivity index (χ2v) is 7.41. The molecule has 6 heteroatoms. The van der Waals surface area contributed by atoms with E-state index in [9.17, 15) is 0 Å². The van der Waals surface area contributed by atoms with Crippen LogP contribution in [0, 0.1) is 6.92 Å². The fourth-order valence-corrected chi connectivity index (χ4v) is 3.62. The molecule has 0 atom stereocenters. The lowest BCUT2D eigenvalue weighted by Crippen LogP contribution is -2.31. The van der Waals surface area contributed by atoms with Crippen molar-refractivity contribution in [3.05, 3.63) is 83.6 Å². The monoisotopic (exact) mass is 383 g/mol. The van der Waals surface area contributed by atoms with Gasteiger partial charge in [0.2, 0.25) is 0 Å². The van der Waals surface area contributed by atoms with Crippen LogP contribution in [0.2, 0.25) is 0 Å². The molecule has 5 rings (SSSR count). The second kappa shape index (κ2) is 7.56. The first kappa shape index (κ1) is 17.7. The number of aryl methyl sites for hydroxylation is 1. The molecule has 0 saturated heterocycles. The van der Waals surface area contributed by atoms with Crippen LogP contribution in [0.1, 0.15) is 22.5 Å². The van der Waals surface area contributed by atoms with Crippen molar-refractivity contribution in [1.29, 1.82) is 0 Å². The normalized spacial score (nSPS) is 14.0. The van der Waals surface area contributed by atoms with Crippen molar-refractivity contribution in [2.75, 3.05) is 6.54 Å². The first-order valence-corrected chi connectivity index (χ1v) is 9.75. The van der Waals surface area contributed by atoms with Crippen molar-refractivity contribution in [2.24, 2.45) is 0 Å². The van der Waals surface area contributed by atoms with E-state index < -0.39 is 0 Å². The van der Waals surface area contributed by atoms with E-state index in [-0.39, 0.29) is 0 Å². The van der Waals surface area contributed by atoms with Crippen molar-refractivity contribution >= 4 is 0 Å². The predicted octanol–water partition coefficient (Wildman–Crippen LogP) is 4.06. The summed E-state index contributed by atoms with van der Waals surface area (Å²) in [6, 6.07) is 14.2. The van der Waals surface area contributed by atoms with Gasteiger partial charge in [0.25, 0.3) is 0 Å². The molecule has 144 valence electrons. The van der Waals surface area contributed by atoms with Gasteiger partial charge in [-0.15, -0.1) is 0 Å². The molecule has 4 aromatic rings. The van der Waals surface area contributed by atoms with Crippen LogP contribution in [0.4, 0.5) is 0 Å². The maximum absolute atomic E-state index is 5.56. The van der Waals surface area contributed by atoms with Crippen molar-refractivity contribution in [1.82, 2.24) is 25.0 Å². The molecular formula is C23H21N5O. The number of rotatable bonds is 4. The Labute approximate surface area is 169 Å². The van der Waals surface area contributed by atoms with Gasteiger partial charge in [0.15, 0.2) is 11.6 Å². The highest BCUT2D eigenvalue weighted by atomic mass is 16.5. The summed E-state index contributed by atoms with van der Waals surface area (Å²) in [6.45, 7) is 4.58. The minimum atomic E-state index is 0.751. The van der Waals surface area contributed by atoms with Gasteiger partial charge in [0, 0.05) is 67.4 Å². The van der Waals surface area contributed by atoms with Crippen LogP contribution in [0.15, 0.2) is 65.6 Å². The topological polar surface area (TPSA) is 67.9 Å². The summed E-state index contributed by atoms with van der Waals surface area (Å²) in [4.78, 5) is 15.7. The molecule has 6 nitrogen and oxygen atoms in total. The Kier molecular flexibility index (Phi) is 4.62. The van der Waals surface area contributed by atoms with Gasteiger partial charge in [-0.25, -0.2) is 9.97 Å². The molecule has 1 aromatic carbocycles. The fraction of sp³-hybridized carbons (Fsp3) is 0.217. The van der Waals surface area contributed by atoms with E-state index in [1.165, 1.54) is 11.1 Å². The number of hydrogen-bond donors (Lipinski definition) is 0. The summed E-state index contributed by atoms with van der Waals surface area (Å²) in [7, 11) is 0. The highest BCUT2D eigenvalue weighted by molar-refractivity contribution is 5.57.